The van der Waals surface area contributed by atoms with Crippen LogP contribution in [0.2, 0.25) is 0 Å². The van der Waals surface area contributed by atoms with Crippen molar-refractivity contribution in [1.29, 1.82) is 5.26 Å². The minimum Gasteiger partial charge on any atom is -0.343 e. The SMILES string of the molecule is N#CCNC(=O)C1CCN(C(=O)C(c2ccccc2)n2cccc2)CC1. The highest BCUT2D eigenvalue weighted by Gasteiger charge is 2.32. The van der Waals surface area contributed by atoms with Crippen LogP contribution in [0.3, 0.4) is 0 Å². The molecular formula is C20H22N4O2. The molecule has 1 atom stereocenters. The summed E-state index contributed by atoms with van der Waals surface area (Å²) in [6.07, 6.45) is 5.04. The molecule has 3 rings (SSSR count). The zero-order valence-electron chi connectivity index (χ0n) is 14.5. The standard InChI is InChI=1S/C20H22N4O2/c21-10-11-22-19(25)17-8-14-24(15-9-17)20(26)18(23-12-4-5-13-23)16-6-2-1-3-7-16/h1-7,12-13,17-18H,8-9,11,14-15H2,(H,22,25). The maximum Gasteiger partial charge on any atom is 0.250 e. The van der Waals surface area contributed by atoms with E-state index in [4.69, 9.17) is 5.26 Å². The molecule has 0 aliphatic carbocycles. The summed E-state index contributed by atoms with van der Waals surface area (Å²) in [4.78, 5) is 27.1. The predicted octanol–water partition coefficient (Wildman–Crippen LogP) is 1.96. The number of carbonyl (C=O) groups excluding carboxylic acids is 2. The molecule has 134 valence electrons. The van der Waals surface area contributed by atoms with Crippen LogP contribution in [0.1, 0.15) is 24.4 Å². The van der Waals surface area contributed by atoms with Crippen LogP contribution in [0.15, 0.2) is 54.9 Å². The van der Waals surface area contributed by atoms with E-state index in [1.165, 1.54) is 0 Å². The Morgan fingerprint density at radius 3 is 2.38 bits per heavy atom. The number of hydrogen-bond acceptors (Lipinski definition) is 3. The maximum atomic E-state index is 13.2. The molecule has 1 aromatic carbocycles. The average molecular weight is 350 g/mol. The summed E-state index contributed by atoms with van der Waals surface area (Å²) < 4.78 is 1.92. The van der Waals surface area contributed by atoms with E-state index in [2.05, 4.69) is 5.32 Å². The van der Waals surface area contributed by atoms with Gasteiger partial charge in [-0.3, -0.25) is 9.59 Å². The van der Waals surface area contributed by atoms with Gasteiger partial charge >= 0.3 is 0 Å². The molecular weight excluding hydrogens is 328 g/mol. The summed E-state index contributed by atoms with van der Waals surface area (Å²) in [5.74, 6) is -0.180. The minimum atomic E-state index is -0.393. The number of likely N-dealkylation sites (tertiary alicyclic amines) is 1. The molecule has 2 amide bonds. The van der Waals surface area contributed by atoms with Gasteiger partial charge in [0.25, 0.3) is 0 Å². The molecule has 0 spiro atoms. The van der Waals surface area contributed by atoms with Crippen molar-refractivity contribution in [3.8, 4) is 6.07 Å². The van der Waals surface area contributed by atoms with Gasteiger partial charge in [-0.05, 0) is 30.5 Å². The van der Waals surface area contributed by atoms with Crippen molar-refractivity contribution in [2.75, 3.05) is 19.6 Å². The Morgan fingerprint density at radius 2 is 1.77 bits per heavy atom. The molecule has 1 aromatic heterocycles. The molecule has 6 heteroatoms. The fourth-order valence-electron chi connectivity index (χ4n) is 3.40. The Labute approximate surface area is 153 Å². The third-order valence-electron chi connectivity index (χ3n) is 4.79. The Hall–Kier alpha value is -3.07. The molecule has 6 nitrogen and oxygen atoms in total. The molecule has 2 aromatic rings. The predicted molar refractivity (Wildman–Crippen MR) is 96.9 cm³/mol. The van der Waals surface area contributed by atoms with Crippen LogP contribution >= 0.6 is 0 Å². The van der Waals surface area contributed by atoms with Gasteiger partial charge in [0, 0.05) is 31.4 Å². The number of nitriles is 1. The molecule has 2 heterocycles. The first kappa shape index (κ1) is 17.7. The molecule has 26 heavy (non-hydrogen) atoms. The number of hydrogen-bond donors (Lipinski definition) is 1. The van der Waals surface area contributed by atoms with Crippen LogP contribution in [0.4, 0.5) is 0 Å². The van der Waals surface area contributed by atoms with Crippen molar-refractivity contribution >= 4 is 11.8 Å². The van der Waals surface area contributed by atoms with Crippen molar-refractivity contribution in [2.45, 2.75) is 18.9 Å². The van der Waals surface area contributed by atoms with Crippen molar-refractivity contribution in [1.82, 2.24) is 14.8 Å². The van der Waals surface area contributed by atoms with E-state index in [1.807, 2.05) is 70.4 Å². The third kappa shape index (κ3) is 3.94. The zero-order chi connectivity index (χ0) is 18.4. The lowest BCUT2D eigenvalue weighted by Gasteiger charge is -2.34. The van der Waals surface area contributed by atoms with Gasteiger partial charge in [-0.25, -0.2) is 0 Å². The molecule has 1 saturated heterocycles. The number of nitrogens with one attached hydrogen (secondary N) is 1. The van der Waals surface area contributed by atoms with Crippen molar-refractivity contribution < 1.29 is 9.59 Å². The Bertz CT molecular complexity index is 772. The van der Waals surface area contributed by atoms with Crippen LogP contribution < -0.4 is 5.32 Å². The fraction of sp³-hybridized carbons (Fsp3) is 0.350. The molecule has 1 aliphatic rings. The van der Waals surface area contributed by atoms with E-state index in [1.54, 1.807) is 0 Å². The summed E-state index contributed by atoms with van der Waals surface area (Å²) in [5.41, 5.74) is 0.947. The Morgan fingerprint density at radius 1 is 1.12 bits per heavy atom. The summed E-state index contributed by atoms with van der Waals surface area (Å²) in [6.45, 7) is 1.13. The summed E-state index contributed by atoms with van der Waals surface area (Å²) in [5, 5.41) is 11.2. The highest BCUT2D eigenvalue weighted by atomic mass is 16.2. The smallest absolute Gasteiger partial charge is 0.250 e. The number of amides is 2. The van der Waals surface area contributed by atoms with E-state index in [9.17, 15) is 9.59 Å². The highest BCUT2D eigenvalue weighted by Crippen LogP contribution is 2.25. The molecule has 0 saturated carbocycles. The normalized spacial score (nSPS) is 15.9. The second kappa shape index (κ2) is 8.34. The summed E-state index contributed by atoms with van der Waals surface area (Å²) in [6, 6.07) is 15.1. The second-order valence-corrected chi connectivity index (χ2v) is 6.42. The van der Waals surface area contributed by atoms with E-state index in [-0.39, 0.29) is 24.3 Å². The number of aromatic nitrogens is 1. The largest absolute Gasteiger partial charge is 0.343 e. The first-order chi connectivity index (χ1) is 12.7. The maximum absolute atomic E-state index is 13.2. The number of nitrogens with zero attached hydrogens (tertiary/aromatic N) is 3. The summed E-state index contributed by atoms with van der Waals surface area (Å²) in [7, 11) is 0. The van der Waals surface area contributed by atoms with E-state index in [0.717, 1.165) is 5.56 Å². The van der Waals surface area contributed by atoms with E-state index in [0.29, 0.717) is 25.9 Å². The Balaban J connectivity index is 1.70. The monoisotopic (exact) mass is 350 g/mol. The van der Waals surface area contributed by atoms with Crippen molar-refractivity contribution in [2.24, 2.45) is 5.92 Å². The first-order valence-corrected chi connectivity index (χ1v) is 8.81. The number of benzene rings is 1. The average Bonchev–Trinajstić information content (AvgIpc) is 3.21. The van der Waals surface area contributed by atoms with Gasteiger partial charge < -0.3 is 14.8 Å². The van der Waals surface area contributed by atoms with Crippen LogP contribution in [-0.2, 0) is 9.59 Å². The van der Waals surface area contributed by atoms with Gasteiger partial charge in [0.05, 0.1) is 6.07 Å². The Kier molecular flexibility index (Phi) is 5.69. The first-order valence-electron chi connectivity index (χ1n) is 8.81. The lowest BCUT2D eigenvalue weighted by atomic mass is 9.94. The highest BCUT2D eigenvalue weighted by molar-refractivity contribution is 5.84. The quantitative estimate of drug-likeness (QED) is 0.837. The van der Waals surface area contributed by atoms with Gasteiger partial charge in [-0.1, -0.05) is 30.3 Å². The lowest BCUT2D eigenvalue weighted by Crippen LogP contribution is -2.45. The molecule has 1 fully saturated rings. The number of rotatable bonds is 5. The van der Waals surface area contributed by atoms with Crippen LogP contribution in [0, 0.1) is 17.2 Å². The molecule has 1 aliphatic heterocycles. The van der Waals surface area contributed by atoms with Crippen molar-refractivity contribution in [3.63, 3.8) is 0 Å². The van der Waals surface area contributed by atoms with E-state index >= 15 is 0 Å². The van der Waals surface area contributed by atoms with Crippen LogP contribution in [0.5, 0.6) is 0 Å². The number of carbonyl (C=O) groups is 2. The fourth-order valence-corrected chi connectivity index (χ4v) is 3.40. The molecule has 1 unspecified atom stereocenters. The summed E-state index contributed by atoms with van der Waals surface area (Å²) >= 11 is 0. The van der Waals surface area contributed by atoms with Gasteiger partial charge in [-0.2, -0.15) is 5.26 Å². The van der Waals surface area contributed by atoms with Gasteiger partial charge in [0.1, 0.15) is 12.6 Å². The van der Waals surface area contributed by atoms with Gasteiger partial charge in [0.15, 0.2) is 0 Å². The third-order valence-corrected chi connectivity index (χ3v) is 4.79. The van der Waals surface area contributed by atoms with Gasteiger partial charge in [-0.15, -0.1) is 0 Å². The van der Waals surface area contributed by atoms with Gasteiger partial charge in [0.2, 0.25) is 11.8 Å². The van der Waals surface area contributed by atoms with Crippen molar-refractivity contribution in [3.05, 3.63) is 60.4 Å². The minimum absolute atomic E-state index is 0.0295. The molecule has 0 radical (unpaired) electrons. The topological polar surface area (TPSA) is 78.1 Å². The zero-order valence-corrected chi connectivity index (χ0v) is 14.5. The van der Waals surface area contributed by atoms with Crippen LogP contribution in [0.25, 0.3) is 0 Å². The molecule has 1 N–H and O–H groups in total. The number of piperidine rings is 1. The molecule has 0 bridgehead atoms. The van der Waals surface area contributed by atoms with Crippen LogP contribution in [-0.4, -0.2) is 40.9 Å². The van der Waals surface area contributed by atoms with E-state index < -0.39 is 6.04 Å². The second-order valence-electron chi connectivity index (χ2n) is 6.42. The lowest BCUT2D eigenvalue weighted by molar-refractivity contribution is -0.137.